The lowest BCUT2D eigenvalue weighted by Gasteiger charge is -2.11. The van der Waals surface area contributed by atoms with E-state index in [1.54, 1.807) is 25.1 Å². The van der Waals surface area contributed by atoms with Gasteiger partial charge in [0.1, 0.15) is 17.4 Å². The Morgan fingerprint density at radius 1 is 1.30 bits per heavy atom. The molecule has 0 aliphatic rings. The molecule has 0 aromatic heterocycles. The lowest BCUT2D eigenvalue weighted by molar-refractivity contribution is 0.0697. The smallest absolute Gasteiger partial charge is 0.335 e. The summed E-state index contributed by atoms with van der Waals surface area (Å²) in [6.07, 6.45) is 0. The highest BCUT2D eigenvalue weighted by Gasteiger charge is 2.10. The Kier molecular flexibility index (Phi) is 3.67. The number of halogens is 1. The minimum atomic E-state index is -1.01. The zero-order chi connectivity index (χ0) is 14.7. The number of rotatable bonds is 3. The summed E-state index contributed by atoms with van der Waals surface area (Å²) in [7, 11) is 0. The minimum Gasteiger partial charge on any atom is -0.478 e. The maximum Gasteiger partial charge on any atom is 0.335 e. The third-order valence-electron chi connectivity index (χ3n) is 2.87. The molecule has 5 heteroatoms. The van der Waals surface area contributed by atoms with E-state index in [0.717, 1.165) is 0 Å². The first-order valence-electron chi connectivity index (χ1n) is 5.82. The Balaban J connectivity index is 2.39. The number of hydrogen-bond acceptors (Lipinski definition) is 3. The molecule has 0 bridgehead atoms. The summed E-state index contributed by atoms with van der Waals surface area (Å²) in [5.74, 6) is -1.61. The fraction of sp³-hybridized carbons (Fsp3) is 0.0667. The molecular formula is C15H11FN2O2. The van der Waals surface area contributed by atoms with E-state index in [1.807, 2.05) is 0 Å². The van der Waals surface area contributed by atoms with Crippen LogP contribution in [-0.4, -0.2) is 11.1 Å². The molecule has 2 rings (SSSR count). The highest BCUT2D eigenvalue weighted by atomic mass is 19.1. The van der Waals surface area contributed by atoms with Gasteiger partial charge >= 0.3 is 5.97 Å². The summed E-state index contributed by atoms with van der Waals surface area (Å²) in [6.45, 7) is 1.74. The molecule has 0 radical (unpaired) electrons. The van der Waals surface area contributed by atoms with Gasteiger partial charge in [-0.2, -0.15) is 5.26 Å². The van der Waals surface area contributed by atoms with Gasteiger partial charge in [0.2, 0.25) is 0 Å². The average Bonchev–Trinajstić information content (AvgIpc) is 2.41. The van der Waals surface area contributed by atoms with Crippen molar-refractivity contribution >= 4 is 17.3 Å². The van der Waals surface area contributed by atoms with Crippen molar-refractivity contribution in [3.05, 3.63) is 58.9 Å². The fourth-order valence-electron chi connectivity index (χ4n) is 1.82. The van der Waals surface area contributed by atoms with Crippen molar-refractivity contribution in [2.45, 2.75) is 6.92 Å². The van der Waals surface area contributed by atoms with E-state index in [1.165, 1.54) is 24.3 Å². The van der Waals surface area contributed by atoms with Gasteiger partial charge in [-0.1, -0.05) is 6.07 Å². The van der Waals surface area contributed by atoms with Gasteiger partial charge in [-0.3, -0.25) is 0 Å². The monoisotopic (exact) mass is 270 g/mol. The van der Waals surface area contributed by atoms with Gasteiger partial charge in [-0.25, -0.2) is 9.18 Å². The molecule has 0 aliphatic heterocycles. The molecule has 0 heterocycles. The first-order valence-corrected chi connectivity index (χ1v) is 5.82. The third-order valence-corrected chi connectivity index (χ3v) is 2.87. The van der Waals surface area contributed by atoms with Crippen molar-refractivity contribution in [3.8, 4) is 6.07 Å². The first kappa shape index (κ1) is 13.6. The Hall–Kier alpha value is -2.87. The number of nitrogens with one attached hydrogen (secondary N) is 1. The molecule has 0 unspecified atom stereocenters. The van der Waals surface area contributed by atoms with Crippen molar-refractivity contribution in [1.29, 1.82) is 5.26 Å². The van der Waals surface area contributed by atoms with Gasteiger partial charge in [0.25, 0.3) is 0 Å². The number of anilines is 2. The predicted molar refractivity (Wildman–Crippen MR) is 72.5 cm³/mol. The summed E-state index contributed by atoms with van der Waals surface area (Å²) in [5.41, 5.74) is 1.76. The third kappa shape index (κ3) is 2.59. The maximum absolute atomic E-state index is 13.5. The van der Waals surface area contributed by atoms with Crippen LogP contribution in [0.5, 0.6) is 0 Å². The van der Waals surface area contributed by atoms with Crippen molar-refractivity contribution in [1.82, 2.24) is 0 Å². The highest BCUT2D eigenvalue weighted by molar-refractivity contribution is 5.88. The van der Waals surface area contributed by atoms with Gasteiger partial charge in [0.15, 0.2) is 0 Å². The van der Waals surface area contributed by atoms with E-state index in [0.29, 0.717) is 16.9 Å². The molecular weight excluding hydrogens is 259 g/mol. The normalized spacial score (nSPS) is 9.85. The van der Waals surface area contributed by atoms with Crippen LogP contribution in [0.3, 0.4) is 0 Å². The molecule has 0 amide bonds. The molecule has 0 atom stereocenters. The summed E-state index contributed by atoms with van der Waals surface area (Å²) < 4.78 is 13.5. The van der Waals surface area contributed by atoms with Crippen LogP contribution in [0, 0.1) is 24.1 Å². The molecule has 2 N–H and O–H groups in total. The van der Waals surface area contributed by atoms with E-state index in [-0.39, 0.29) is 11.1 Å². The number of carbonyl (C=O) groups is 1. The molecule has 0 spiro atoms. The predicted octanol–water partition coefficient (Wildman–Crippen LogP) is 3.45. The van der Waals surface area contributed by atoms with Crippen LogP contribution in [0.1, 0.15) is 21.5 Å². The van der Waals surface area contributed by atoms with Crippen LogP contribution in [0.2, 0.25) is 0 Å². The number of carboxylic acid groups (broad SMARTS) is 1. The second-order valence-electron chi connectivity index (χ2n) is 4.23. The number of aromatic carboxylic acids is 1. The number of carboxylic acids is 1. The van der Waals surface area contributed by atoms with Gasteiger partial charge in [-0.15, -0.1) is 0 Å². The molecule has 4 nitrogen and oxygen atoms in total. The van der Waals surface area contributed by atoms with E-state index < -0.39 is 11.8 Å². The van der Waals surface area contributed by atoms with Gasteiger partial charge in [0.05, 0.1) is 11.3 Å². The fourth-order valence-corrected chi connectivity index (χ4v) is 1.82. The van der Waals surface area contributed by atoms with Crippen LogP contribution in [0.15, 0.2) is 36.4 Å². The van der Waals surface area contributed by atoms with Gasteiger partial charge in [-0.05, 0) is 42.8 Å². The molecule has 20 heavy (non-hydrogen) atoms. The van der Waals surface area contributed by atoms with Crippen molar-refractivity contribution in [2.75, 3.05) is 5.32 Å². The van der Waals surface area contributed by atoms with Gasteiger partial charge in [0, 0.05) is 5.69 Å². The lowest BCUT2D eigenvalue weighted by Crippen LogP contribution is -2.01. The summed E-state index contributed by atoms with van der Waals surface area (Å²) in [4.78, 5) is 10.9. The highest BCUT2D eigenvalue weighted by Crippen LogP contribution is 2.25. The number of benzene rings is 2. The van der Waals surface area contributed by atoms with E-state index in [4.69, 9.17) is 10.4 Å². The number of nitriles is 1. The van der Waals surface area contributed by atoms with Crippen molar-refractivity contribution in [2.24, 2.45) is 0 Å². The standard InChI is InChI=1S/C15H11FN2O2/c1-9-7-10(15(19)20)5-6-13(9)18-14-4-2-3-12(16)11(14)8-17/h2-7,18H,1H3,(H,19,20). The quantitative estimate of drug-likeness (QED) is 0.895. The summed E-state index contributed by atoms with van der Waals surface area (Å²) in [6, 6.07) is 10.6. The zero-order valence-corrected chi connectivity index (χ0v) is 10.6. The Labute approximate surface area is 115 Å². The number of aryl methyl sites for hydroxylation is 1. The van der Waals surface area contributed by atoms with E-state index in [2.05, 4.69) is 5.32 Å². The second kappa shape index (κ2) is 5.41. The minimum absolute atomic E-state index is 0.0748. The Morgan fingerprint density at radius 3 is 2.65 bits per heavy atom. The SMILES string of the molecule is Cc1cc(C(=O)O)ccc1Nc1cccc(F)c1C#N. The van der Waals surface area contributed by atoms with Crippen LogP contribution in [0.25, 0.3) is 0 Å². The summed E-state index contributed by atoms with van der Waals surface area (Å²) in [5, 5.41) is 20.8. The molecule has 100 valence electrons. The molecule has 0 saturated heterocycles. The van der Waals surface area contributed by atoms with E-state index in [9.17, 15) is 9.18 Å². The number of nitrogens with zero attached hydrogens (tertiary/aromatic N) is 1. The maximum atomic E-state index is 13.5. The van der Waals surface area contributed by atoms with E-state index >= 15 is 0 Å². The Bertz CT molecular complexity index is 720. The topological polar surface area (TPSA) is 73.1 Å². The van der Waals surface area contributed by atoms with Crippen LogP contribution < -0.4 is 5.32 Å². The largest absolute Gasteiger partial charge is 0.478 e. The van der Waals surface area contributed by atoms with Crippen LogP contribution >= 0.6 is 0 Å². The van der Waals surface area contributed by atoms with Crippen LogP contribution in [0.4, 0.5) is 15.8 Å². The van der Waals surface area contributed by atoms with Crippen LogP contribution in [-0.2, 0) is 0 Å². The number of hydrogen-bond donors (Lipinski definition) is 2. The molecule has 2 aromatic rings. The lowest BCUT2D eigenvalue weighted by atomic mass is 10.1. The molecule has 0 fully saturated rings. The second-order valence-corrected chi connectivity index (χ2v) is 4.23. The van der Waals surface area contributed by atoms with Crippen molar-refractivity contribution in [3.63, 3.8) is 0 Å². The van der Waals surface area contributed by atoms with Gasteiger partial charge < -0.3 is 10.4 Å². The molecule has 0 saturated carbocycles. The molecule has 0 aliphatic carbocycles. The summed E-state index contributed by atoms with van der Waals surface area (Å²) >= 11 is 0. The zero-order valence-electron chi connectivity index (χ0n) is 10.6. The first-order chi connectivity index (χ1) is 9.52. The van der Waals surface area contributed by atoms with Crippen molar-refractivity contribution < 1.29 is 14.3 Å². The average molecular weight is 270 g/mol. The Morgan fingerprint density at radius 2 is 2.05 bits per heavy atom. The molecule has 2 aromatic carbocycles.